The Bertz CT molecular complexity index is 536. The number of nitrogens with two attached hydrogens (primary N) is 1. The topological polar surface area (TPSA) is 79.1 Å². The van der Waals surface area contributed by atoms with E-state index in [1.165, 1.54) is 0 Å². The van der Waals surface area contributed by atoms with E-state index in [0.717, 1.165) is 21.1 Å². The van der Waals surface area contributed by atoms with Crippen LogP contribution in [0, 0.1) is 0 Å². The molecule has 0 aliphatic rings. The van der Waals surface area contributed by atoms with Crippen molar-refractivity contribution in [2.45, 2.75) is 12.5 Å². The second kappa shape index (κ2) is 4.27. The minimum atomic E-state index is -0.986. The van der Waals surface area contributed by atoms with Crippen LogP contribution in [0.5, 0.6) is 0 Å². The second-order valence-electron chi connectivity index (χ2n) is 3.68. The number of hydrogen-bond donors (Lipinski definition) is 3. The zero-order valence-electron chi connectivity index (χ0n) is 8.40. The quantitative estimate of drug-likeness (QED) is 0.804. The molecule has 2 rings (SSSR count). The highest BCUT2D eigenvalue weighted by atomic mass is 79.9. The summed E-state index contributed by atoms with van der Waals surface area (Å²) in [7, 11) is 0. The molecule has 16 heavy (non-hydrogen) atoms. The Morgan fingerprint density at radius 1 is 1.50 bits per heavy atom. The minimum absolute atomic E-state index is 0.307. The third-order valence-electron chi connectivity index (χ3n) is 2.40. The molecule has 84 valence electrons. The molecule has 0 radical (unpaired) electrons. The average molecular weight is 283 g/mol. The van der Waals surface area contributed by atoms with Crippen molar-refractivity contribution in [2.24, 2.45) is 5.73 Å². The first-order valence-corrected chi connectivity index (χ1v) is 5.61. The molecule has 1 heterocycles. The van der Waals surface area contributed by atoms with Crippen LogP contribution in [-0.4, -0.2) is 22.1 Å². The van der Waals surface area contributed by atoms with Gasteiger partial charge in [-0.1, -0.05) is 15.9 Å². The lowest BCUT2D eigenvalue weighted by Gasteiger charge is -2.02. The lowest BCUT2D eigenvalue weighted by atomic mass is 10.1. The predicted octanol–water partition coefficient (Wildman–Crippen LogP) is 1.88. The molecule has 1 aromatic heterocycles. The molecule has 5 heteroatoms. The number of H-pyrrole nitrogens is 1. The summed E-state index contributed by atoms with van der Waals surface area (Å²) < 4.78 is 0.994. The third-order valence-corrected chi connectivity index (χ3v) is 2.89. The van der Waals surface area contributed by atoms with Crippen molar-refractivity contribution in [3.05, 3.63) is 34.4 Å². The SMILES string of the molecule is N[C@@H](Cc1cc2cc(Br)ccc2[nH]1)C(=O)O. The number of fused-ring (bicyclic) bond motifs is 1. The zero-order chi connectivity index (χ0) is 11.7. The van der Waals surface area contributed by atoms with Crippen LogP contribution in [0.15, 0.2) is 28.7 Å². The van der Waals surface area contributed by atoms with Gasteiger partial charge in [-0.3, -0.25) is 4.79 Å². The molecule has 0 saturated heterocycles. The van der Waals surface area contributed by atoms with Gasteiger partial charge in [0, 0.05) is 27.5 Å². The third kappa shape index (κ3) is 2.25. The Morgan fingerprint density at radius 3 is 2.94 bits per heavy atom. The van der Waals surface area contributed by atoms with Gasteiger partial charge in [-0.2, -0.15) is 0 Å². The molecule has 0 aliphatic heterocycles. The number of carboxylic acids is 1. The summed E-state index contributed by atoms with van der Waals surface area (Å²) in [6.45, 7) is 0. The fourth-order valence-corrected chi connectivity index (χ4v) is 1.98. The van der Waals surface area contributed by atoms with Gasteiger partial charge in [0.2, 0.25) is 0 Å². The van der Waals surface area contributed by atoms with Gasteiger partial charge in [-0.25, -0.2) is 0 Å². The lowest BCUT2D eigenvalue weighted by Crippen LogP contribution is -2.32. The smallest absolute Gasteiger partial charge is 0.320 e. The van der Waals surface area contributed by atoms with Gasteiger partial charge in [-0.05, 0) is 24.3 Å². The van der Waals surface area contributed by atoms with Gasteiger partial charge in [0.15, 0.2) is 0 Å². The number of carbonyl (C=O) groups is 1. The molecule has 0 saturated carbocycles. The van der Waals surface area contributed by atoms with E-state index in [4.69, 9.17) is 10.8 Å². The number of aliphatic carboxylic acids is 1. The Labute approximate surface area is 101 Å². The highest BCUT2D eigenvalue weighted by Gasteiger charge is 2.13. The molecular weight excluding hydrogens is 272 g/mol. The van der Waals surface area contributed by atoms with Gasteiger partial charge in [-0.15, -0.1) is 0 Å². The molecule has 1 atom stereocenters. The Kier molecular flexibility index (Phi) is 2.98. The Morgan fingerprint density at radius 2 is 2.25 bits per heavy atom. The van der Waals surface area contributed by atoms with E-state index in [2.05, 4.69) is 20.9 Å². The van der Waals surface area contributed by atoms with Crippen molar-refractivity contribution in [1.29, 1.82) is 0 Å². The summed E-state index contributed by atoms with van der Waals surface area (Å²) in [4.78, 5) is 13.8. The molecule has 4 nitrogen and oxygen atoms in total. The summed E-state index contributed by atoms with van der Waals surface area (Å²) in [5.41, 5.74) is 7.29. The standard InChI is InChI=1S/C11H11BrN2O2/c12-7-1-2-10-6(3-7)4-8(14-10)5-9(13)11(15)16/h1-4,9,14H,5,13H2,(H,15,16)/t9-/m0/s1. The van der Waals surface area contributed by atoms with Crippen molar-refractivity contribution >= 4 is 32.8 Å². The van der Waals surface area contributed by atoms with E-state index in [1.807, 2.05) is 24.3 Å². The maximum atomic E-state index is 10.6. The maximum absolute atomic E-state index is 10.6. The number of carboxylic acid groups (broad SMARTS) is 1. The molecule has 0 spiro atoms. The predicted molar refractivity (Wildman–Crippen MR) is 65.3 cm³/mol. The molecule has 0 fully saturated rings. The number of aromatic amines is 1. The summed E-state index contributed by atoms with van der Waals surface area (Å²) >= 11 is 3.38. The largest absolute Gasteiger partial charge is 0.480 e. The van der Waals surface area contributed by atoms with Gasteiger partial charge in [0.25, 0.3) is 0 Å². The first-order valence-electron chi connectivity index (χ1n) is 4.82. The fraction of sp³-hybridized carbons (Fsp3) is 0.182. The van der Waals surface area contributed by atoms with Crippen molar-refractivity contribution in [3.8, 4) is 0 Å². The van der Waals surface area contributed by atoms with E-state index >= 15 is 0 Å². The summed E-state index contributed by atoms with van der Waals surface area (Å²) in [5, 5.41) is 9.76. The maximum Gasteiger partial charge on any atom is 0.320 e. The van der Waals surface area contributed by atoms with Crippen LogP contribution < -0.4 is 5.73 Å². The van der Waals surface area contributed by atoms with Crippen molar-refractivity contribution in [2.75, 3.05) is 0 Å². The number of hydrogen-bond acceptors (Lipinski definition) is 2. The first kappa shape index (κ1) is 11.2. The van der Waals surface area contributed by atoms with E-state index in [-0.39, 0.29) is 0 Å². The van der Waals surface area contributed by atoms with Gasteiger partial charge < -0.3 is 15.8 Å². The van der Waals surface area contributed by atoms with Crippen LogP contribution in [0.4, 0.5) is 0 Å². The Balaban J connectivity index is 2.29. The van der Waals surface area contributed by atoms with Gasteiger partial charge in [0.05, 0.1) is 0 Å². The lowest BCUT2D eigenvalue weighted by molar-refractivity contribution is -0.138. The summed E-state index contributed by atoms with van der Waals surface area (Å²) in [6.07, 6.45) is 0.307. The highest BCUT2D eigenvalue weighted by molar-refractivity contribution is 9.10. The normalized spacial score (nSPS) is 12.9. The van der Waals surface area contributed by atoms with Gasteiger partial charge >= 0.3 is 5.97 Å². The molecule has 0 unspecified atom stereocenters. The number of benzene rings is 1. The van der Waals surface area contributed by atoms with E-state index in [0.29, 0.717) is 6.42 Å². The molecule has 4 N–H and O–H groups in total. The van der Waals surface area contributed by atoms with Crippen molar-refractivity contribution < 1.29 is 9.90 Å². The summed E-state index contributed by atoms with van der Waals surface area (Å²) in [6, 6.07) is 6.90. The van der Waals surface area contributed by atoms with Crippen LogP contribution >= 0.6 is 15.9 Å². The minimum Gasteiger partial charge on any atom is -0.480 e. The number of nitrogens with one attached hydrogen (secondary N) is 1. The average Bonchev–Trinajstić information content (AvgIpc) is 2.58. The molecule has 2 aromatic rings. The molecular formula is C11H11BrN2O2. The van der Waals surface area contributed by atoms with Crippen LogP contribution in [-0.2, 0) is 11.2 Å². The van der Waals surface area contributed by atoms with Crippen molar-refractivity contribution in [3.63, 3.8) is 0 Å². The Hall–Kier alpha value is -1.33. The van der Waals surface area contributed by atoms with Crippen LogP contribution in [0.2, 0.25) is 0 Å². The highest BCUT2D eigenvalue weighted by Crippen LogP contribution is 2.20. The molecule has 0 amide bonds. The van der Waals surface area contributed by atoms with E-state index in [9.17, 15) is 4.79 Å². The van der Waals surface area contributed by atoms with Gasteiger partial charge in [0.1, 0.15) is 6.04 Å². The van der Waals surface area contributed by atoms with Crippen LogP contribution in [0.1, 0.15) is 5.69 Å². The van der Waals surface area contributed by atoms with E-state index < -0.39 is 12.0 Å². The molecule has 1 aromatic carbocycles. The number of rotatable bonds is 3. The fourth-order valence-electron chi connectivity index (χ4n) is 1.60. The summed E-state index contributed by atoms with van der Waals surface area (Å²) in [5.74, 6) is -0.986. The van der Waals surface area contributed by atoms with Crippen molar-refractivity contribution in [1.82, 2.24) is 4.98 Å². The van der Waals surface area contributed by atoms with Crippen LogP contribution in [0.25, 0.3) is 10.9 Å². The van der Waals surface area contributed by atoms with E-state index in [1.54, 1.807) is 0 Å². The number of halogens is 1. The second-order valence-corrected chi connectivity index (χ2v) is 4.59. The molecule has 0 bridgehead atoms. The zero-order valence-corrected chi connectivity index (χ0v) is 9.99. The molecule has 0 aliphatic carbocycles. The van der Waals surface area contributed by atoms with Crippen LogP contribution in [0.3, 0.4) is 0 Å². The monoisotopic (exact) mass is 282 g/mol. The first-order chi connectivity index (χ1) is 7.56. The number of aromatic nitrogens is 1.